The summed E-state index contributed by atoms with van der Waals surface area (Å²) < 4.78 is 10.6. The molecule has 1 aromatic heterocycles. The number of amides is 1. The monoisotopic (exact) mass is 364 g/mol. The Morgan fingerprint density at radius 1 is 1.30 bits per heavy atom. The second kappa shape index (κ2) is 7.15. The van der Waals surface area contributed by atoms with Gasteiger partial charge in [-0.3, -0.25) is 4.79 Å². The minimum atomic E-state index is -0.782. The molecule has 0 aliphatic carbocycles. The first kappa shape index (κ1) is 17.1. The number of hydrogen-bond acceptors (Lipinski definition) is 4. The summed E-state index contributed by atoms with van der Waals surface area (Å²) in [6.45, 7) is 0.457. The number of aromatic amines is 1. The number of carbonyl (C=O) groups is 2. The summed E-state index contributed by atoms with van der Waals surface area (Å²) in [4.78, 5) is 27.7. The summed E-state index contributed by atoms with van der Waals surface area (Å²) >= 11 is 0. The molecule has 2 heterocycles. The summed E-state index contributed by atoms with van der Waals surface area (Å²) in [5.74, 6) is 0.0798. The number of aromatic nitrogens is 1. The van der Waals surface area contributed by atoms with Crippen LogP contribution in [0, 0.1) is 0 Å². The topological polar surface area (TPSA) is 80.4 Å². The number of carbonyl (C=O) groups excluding carboxylic acids is 2. The highest BCUT2D eigenvalue weighted by atomic mass is 16.5. The van der Waals surface area contributed by atoms with Gasteiger partial charge in [0.1, 0.15) is 5.75 Å². The van der Waals surface area contributed by atoms with Crippen LogP contribution >= 0.6 is 0 Å². The summed E-state index contributed by atoms with van der Waals surface area (Å²) in [5.41, 5.74) is 3.50. The SMILES string of the molecule is COc1ccc2[nH]cc(CCNC(=O)C3Cc4ccccc4C(=O)O3)c2c1. The summed E-state index contributed by atoms with van der Waals surface area (Å²) in [5, 5.41) is 3.94. The van der Waals surface area contributed by atoms with Crippen molar-refractivity contribution < 1.29 is 19.1 Å². The largest absolute Gasteiger partial charge is 0.497 e. The molecule has 6 nitrogen and oxygen atoms in total. The molecule has 1 atom stereocenters. The maximum atomic E-state index is 12.4. The minimum absolute atomic E-state index is 0.268. The van der Waals surface area contributed by atoms with E-state index in [0.717, 1.165) is 27.8 Å². The Labute approximate surface area is 156 Å². The Morgan fingerprint density at radius 3 is 3.00 bits per heavy atom. The van der Waals surface area contributed by atoms with Crippen LogP contribution in [0.1, 0.15) is 21.5 Å². The van der Waals surface area contributed by atoms with E-state index in [9.17, 15) is 9.59 Å². The van der Waals surface area contributed by atoms with E-state index in [-0.39, 0.29) is 5.91 Å². The van der Waals surface area contributed by atoms with Crippen molar-refractivity contribution in [2.24, 2.45) is 0 Å². The molecule has 6 heteroatoms. The zero-order valence-electron chi connectivity index (χ0n) is 15.0. The van der Waals surface area contributed by atoms with E-state index in [1.807, 2.05) is 36.5 Å². The van der Waals surface area contributed by atoms with Gasteiger partial charge in [-0.1, -0.05) is 18.2 Å². The Hall–Kier alpha value is -3.28. The van der Waals surface area contributed by atoms with Gasteiger partial charge >= 0.3 is 5.97 Å². The lowest BCUT2D eigenvalue weighted by Gasteiger charge is -2.23. The van der Waals surface area contributed by atoms with E-state index < -0.39 is 12.1 Å². The number of H-pyrrole nitrogens is 1. The molecule has 0 spiro atoms. The molecule has 0 saturated carbocycles. The number of rotatable bonds is 5. The average Bonchev–Trinajstić information content (AvgIpc) is 3.10. The first-order chi connectivity index (χ1) is 13.2. The zero-order chi connectivity index (χ0) is 18.8. The zero-order valence-corrected chi connectivity index (χ0v) is 15.0. The van der Waals surface area contributed by atoms with Crippen LogP contribution in [0.4, 0.5) is 0 Å². The number of ether oxygens (including phenoxy) is 2. The number of cyclic esters (lactones) is 1. The van der Waals surface area contributed by atoms with E-state index in [1.165, 1.54) is 0 Å². The van der Waals surface area contributed by atoms with Gasteiger partial charge in [0.25, 0.3) is 5.91 Å². The molecular formula is C21H20N2O4. The highest BCUT2D eigenvalue weighted by Gasteiger charge is 2.30. The number of nitrogens with one attached hydrogen (secondary N) is 2. The molecule has 2 aromatic carbocycles. The van der Waals surface area contributed by atoms with Crippen LogP contribution in [-0.4, -0.2) is 36.6 Å². The fourth-order valence-electron chi connectivity index (χ4n) is 3.40. The van der Waals surface area contributed by atoms with E-state index in [0.29, 0.717) is 24.9 Å². The van der Waals surface area contributed by atoms with Gasteiger partial charge in [0, 0.05) is 30.1 Å². The van der Waals surface area contributed by atoms with Crippen molar-refractivity contribution in [3.8, 4) is 5.75 Å². The summed E-state index contributed by atoms with van der Waals surface area (Å²) in [7, 11) is 1.64. The third kappa shape index (κ3) is 3.38. The van der Waals surface area contributed by atoms with Crippen LogP contribution in [0.5, 0.6) is 5.75 Å². The van der Waals surface area contributed by atoms with Crippen molar-refractivity contribution in [2.75, 3.05) is 13.7 Å². The molecule has 0 bridgehead atoms. The van der Waals surface area contributed by atoms with Crippen LogP contribution in [-0.2, 0) is 22.4 Å². The predicted molar refractivity (Wildman–Crippen MR) is 101 cm³/mol. The minimum Gasteiger partial charge on any atom is -0.497 e. The summed E-state index contributed by atoms with van der Waals surface area (Å²) in [6.07, 6.45) is 2.22. The molecule has 1 aliphatic heterocycles. The highest BCUT2D eigenvalue weighted by molar-refractivity contribution is 5.95. The van der Waals surface area contributed by atoms with Crippen LogP contribution in [0.3, 0.4) is 0 Å². The van der Waals surface area contributed by atoms with E-state index in [1.54, 1.807) is 19.2 Å². The van der Waals surface area contributed by atoms with E-state index >= 15 is 0 Å². The smallest absolute Gasteiger partial charge is 0.339 e. The highest BCUT2D eigenvalue weighted by Crippen LogP contribution is 2.24. The predicted octanol–water partition coefficient (Wildman–Crippen LogP) is 2.62. The van der Waals surface area contributed by atoms with Crippen molar-refractivity contribution in [3.05, 3.63) is 65.4 Å². The van der Waals surface area contributed by atoms with Crippen molar-refractivity contribution in [2.45, 2.75) is 18.9 Å². The molecule has 1 aliphatic rings. The molecule has 1 unspecified atom stereocenters. The second-order valence-electron chi connectivity index (χ2n) is 6.52. The van der Waals surface area contributed by atoms with Gasteiger partial charge < -0.3 is 19.8 Å². The van der Waals surface area contributed by atoms with Crippen LogP contribution < -0.4 is 10.1 Å². The number of methoxy groups -OCH3 is 1. The Balaban J connectivity index is 1.38. The van der Waals surface area contributed by atoms with E-state index in [2.05, 4.69) is 10.3 Å². The third-order valence-electron chi connectivity index (χ3n) is 4.85. The Morgan fingerprint density at radius 2 is 2.15 bits per heavy atom. The van der Waals surface area contributed by atoms with Gasteiger partial charge in [0.05, 0.1) is 12.7 Å². The molecule has 1 amide bonds. The van der Waals surface area contributed by atoms with Gasteiger partial charge in [0.15, 0.2) is 6.10 Å². The van der Waals surface area contributed by atoms with Gasteiger partial charge in [-0.05, 0) is 41.8 Å². The lowest BCUT2D eigenvalue weighted by molar-refractivity contribution is -0.130. The standard InChI is InChI=1S/C21H20N2O4/c1-26-15-6-7-18-17(11-15)14(12-23-18)8-9-22-20(24)19-10-13-4-2-3-5-16(13)21(25)27-19/h2-7,11-12,19,23H,8-10H2,1H3,(H,22,24). The molecule has 27 heavy (non-hydrogen) atoms. The fourth-order valence-corrected chi connectivity index (χ4v) is 3.40. The van der Waals surface area contributed by atoms with Crippen LogP contribution in [0.25, 0.3) is 10.9 Å². The molecular weight excluding hydrogens is 344 g/mol. The quantitative estimate of drug-likeness (QED) is 0.682. The molecule has 138 valence electrons. The van der Waals surface area contributed by atoms with Crippen LogP contribution in [0.15, 0.2) is 48.7 Å². The van der Waals surface area contributed by atoms with Crippen molar-refractivity contribution >= 4 is 22.8 Å². The lowest BCUT2D eigenvalue weighted by atomic mass is 9.98. The fraction of sp³-hybridized carbons (Fsp3) is 0.238. The second-order valence-corrected chi connectivity index (χ2v) is 6.52. The maximum Gasteiger partial charge on any atom is 0.339 e. The Bertz CT molecular complexity index is 1010. The average molecular weight is 364 g/mol. The van der Waals surface area contributed by atoms with Gasteiger partial charge in [-0.15, -0.1) is 0 Å². The summed E-state index contributed by atoms with van der Waals surface area (Å²) in [6, 6.07) is 13.1. The number of benzene rings is 2. The molecule has 2 N–H and O–H groups in total. The molecule has 3 aromatic rings. The normalized spacial score (nSPS) is 15.9. The lowest BCUT2D eigenvalue weighted by Crippen LogP contribution is -2.42. The maximum absolute atomic E-state index is 12.4. The molecule has 0 saturated heterocycles. The van der Waals surface area contributed by atoms with Crippen molar-refractivity contribution in [1.29, 1.82) is 0 Å². The number of esters is 1. The third-order valence-corrected chi connectivity index (χ3v) is 4.85. The van der Waals surface area contributed by atoms with E-state index in [4.69, 9.17) is 9.47 Å². The first-order valence-corrected chi connectivity index (χ1v) is 8.86. The number of hydrogen-bond donors (Lipinski definition) is 2. The molecule has 4 rings (SSSR count). The molecule has 0 fully saturated rings. The van der Waals surface area contributed by atoms with Crippen LogP contribution in [0.2, 0.25) is 0 Å². The van der Waals surface area contributed by atoms with Crippen molar-refractivity contribution in [3.63, 3.8) is 0 Å². The van der Waals surface area contributed by atoms with Crippen molar-refractivity contribution in [1.82, 2.24) is 10.3 Å². The molecule has 0 radical (unpaired) electrons. The van der Waals surface area contributed by atoms with Gasteiger partial charge in [0.2, 0.25) is 0 Å². The number of fused-ring (bicyclic) bond motifs is 2. The van der Waals surface area contributed by atoms with Gasteiger partial charge in [-0.25, -0.2) is 4.79 Å². The first-order valence-electron chi connectivity index (χ1n) is 8.86. The Kier molecular flexibility index (Phi) is 4.54. The van der Waals surface area contributed by atoms with Gasteiger partial charge in [-0.2, -0.15) is 0 Å².